The number of amides is 2. The molecule has 0 aliphatic carbocycles. The van der Waals surface area contributed by atoms with Gasteiger partial charge >= 0.3 is 6.03 Å². The van der Waals surface area contributed by atoms with Crippen LogP contribution in [-0.4, -0.2) is 60.7 Å². The van der Waals surface area contributed by atoms with Crippen LogP contribution in [0.1, 0.15) is 19.8 Å². The predicted molar refractivity (Wildman–Crippen MR) is 80.7 cm³/mol. The molecule has 1 atom stereocenters. The molecular formula is C14H23N5O2. The molecular weight excluding hydrogens is 270 g/mol. The van der Waals surface area contributed by atoms with E-state index in [-0.39, 0.29) is 12.1 Å². The molecule has 7 nitrogen and oxygen atoms in total. The Morgan fingerprint density at radius 3 is 3.00 bits per heavy atom. The van der Waals surface area contributed by atoms with E-state index in [1.54, 1.807) is 24.4 Å². The number of hydrogen-bond donors (Lipinski definition) is 1. The van der Waals surface area contributed by atoms with E-state index in [4.69, 9.17) is 4.74 Å². The summed E-state index contributed by atoms with van der Waals surface area (Å²) in [6.07, 6.45) is 5.12. The van der Waals surface area contributed by atoms with E-state index in [1.807, 2.05) is 14.0 Å². The quantitative estimate of drug-likeness (QED) is 0.881. The number of carbonyl (C=O) groups is 1. The van der Waals surface area contributed by atoms with E-state index in [9.17, 15) is 4.79 Å². The number of methoxy groups -OCH3 is 1. The summed E-state index contributed by atoms with van der Waals surface area (Å²) in [7, 11) is 3.43. The van der Waals surface area contributed by atoms with Crippen LogP contribution < -0.4 is 15.0 Å². The van der Waals surface area contributed by atoms with Gasteiger partial charge in [-0.25, -0.2) is 14.8 Å². The largest absolute Gasteiger partial charge is 0.478 e. The molecule has 0 spiro atoms. The third kappa shape index (κ3) is 3.53. The molecule has 1 aliphatic heterocycles. The van der Waals surface area contributed by atoms with Gasteiger partial charge < -0.3 is 19.9 Å². The van der Waals surface area contributed by atoms with Crippen molar-refractivity contribution in [1.82, 2.24) is 20.2 Å². The Kier molecular flexibility index (Phi) is 5.19. The molecule has 1 aromatic heterocycles. The maximum Gasteiger partial charge on any atom is 0.317 e. The lowest BCUT2D eigenvalue weighted by molar-refractivity contribution is 0.194. The second-order valence-electron chi connectivity index (χ2n) is 5.12. The number of likely N-dealkylation sites (N-methyl/N-ethyl adjacent to an activating group) is 1. The van der Waals surface area contributed by atoms with E-state index >= 15 is 0 Å². The number of anilines is 1. The number of carbonyl (C=O) groups excluding carboxylic acids is 1. The average Bonchev–Trinajstić information content (AvgIpc) is 3.01. The summed E-state index contributed by atoms with van der Waals surface area (Å²) in [6, 6.07) is 0.156. The number of nitrogens with one attached hydrogen (secondary N) is 1. The number of urea groups is 1. The smallest absolute Gasteiger partial charge is 0.317 e. The minimum Gasteiger partial charge on any atom is -0.478 e. The third-order valence-electron chi connectivity index (χ3n) is 3.70. The SMILES string of the molecule is CCCNC(=O)N(C)[C@@H]1CCN(c2nccnc2OC)C1. The molecule has 0 bridgehead atoms. The van der Waals surface area contributed by atoms with Crippen LogP contribution in [0.25, 0.3) is 0 Å². The molecule has 0 unspecified atom stereocenters. The number of nitrogens with zero attached hydrogens (tertiary/aromatic N) is 4. The highest BCUT2D eigenvalue weighted by molar-refractivity contribution is 5.74. The van der Waals surface area contributed by atoms with Crippen LogP contribution in [0.3, 0.4) is 0 Å². The standard InChI is InChI=1S/C14H23N5O2/c1-4-6-17-14(20)18(2)11-5-9-19(10-11)12-13(21-3)16-8-7-15-12/h7-8,11H,4-6,9-10H2,1-3H3,(H,17,20)/t11-/m1/s1. The number of ether oxygens (including phenoxy) is 1. The molecule has 1 fully saturated rings. The normalized spacial score (nSPS) is 17.7. The van der Waals surface area contributed by atoms with Gasteiger partial charge in [-0.05, 0) is 12.8 Å². The summed E-state index contributed by atoms with van der Waals surface area (Å²) in [6.45, 7) is 4.33. The highest BCUT2D eigenvalue weighted by Gasteiger charge is 2.30. The first kappa shape index (κ1) is 15.3. The van der Waals surface area contributed by atoms with Crippen molar-refractivity contribution in [3.8, 4) is 5.88 Å². The van der Waals surface area contributed by atoms with Crippen molar-refractivity contribution in [3.05, 3.63) is 12.4 Å². The summed E-state index contributed by atoms with van der Waals surface area (Å²) in [5, 5.41) is 2.90. The van der Waals surface area contributed by atoms with Gasteiger partial charge in [0.05, 0.1) is 13.2 Å². The van der Waals surface area contributed by atoms with Crippen molar-refractivity contribution in [3.63, 3.8) is 0 Å². The van der Waals surface area contributed by atoms with Crippen LogP contribution in [0, 0.1) is 0 Å². The highest BCUT2D eigenvalue weighted by Crippen LogP contribution is 2.27. The zero-order valence-corrected chi connectivity index (χ0v) is 12.9. The van der Waals surface area contributed by atoms with E-state index in [2.05, 4.69) is 20.2 Å². The van der Waals surface area contributed by atoms with Crippen LogP contribution in [-0.2, 0) is 0 Å². The Hall–Kier alpha value is -2.05. The van der Waals surface area contributed by atoms with Gasteiger partial charge in [0.15, 0.2) is 5.82 Å². The molecule has 1 N–H and O–H groups in total. The molecule has 0 saturated carbocycles. The van der Waals surface area contributed by atoms with Crippen LogP contribution in [0.15, 0.2) is 12.4 Å². The van der Waals surface area contributed by atoms with Gasteiger partial charge in [0, 0.05) is 39.1 Å². The van der Waals surface area contributed by atoms with E-state index in [0.29, 0.717) is 12.4 Å². The third-order valence-corrected chi connectivity index (χ3v) is 3.70. The topological polar surface area (TPSA) is 70.6 Å². The van der Waals surface area contributed by atoms with E-state index < -0.39 is 0 Å². The number of hydrogen-bond acceptors (Lipinski definition) is 5. The molecule has 0 radical (unpaired) electrons. The summed E-state index contributed by atoms with van der Waals surface area (Å²) in [5.41, 5.74) is 0. The lowest BCUT2D eigenvalue weighted by Gasteiger charge is -2.25. The van der Waals surface area contributed by atoms with Crippen LogP contribution >= 0.6 is 0 Å². The zero-order chi connectivity index (χ0) is 15.2. The van der Waals surface area contributed by atoms with Crippen LogP contribution in [0.4, 0.5) is 10.6 Å². The van der Waals surface area contributed by atoms with E-state index in [0.717, 1.165) is 31.7 Å². The van der Waals surface area contributed by atoms with Crippen molar-refractivity contribution in [2.24, 2.45) is 0 Å². The summed E-state index contributed by atoms with van der Waals surface area (Å²) in [4.78, 5) is 24.4. The molecule has 21 heavy (non-hydrogen) atoms. The highest BCUT2D eigenvalue weighted by atomic mass is 16.5. The maximum absolute atomic E-state index is 12.0. The van der Waals surface area contributed by atoms with Crippen molar-refractivity contribution in [2.45, 2.75) is 25.8 Å². The second kappa shape index (κ2) is 7.10. The fourth-order valence-electron chi connectivity index (χ4n) is 2.45. The summed E-state index contributed by atoms with van der Waals surface area (Å²) >= 11 is 0. The van der Waals surface area contributed by atoms with Gasteiger partial charge in [-0.2, -0.15) is 0 Å². The monoisotopic (exact) mass is 293 g/mol. The molecule has 1 aromatic rings. The lowest BCUT2D eigenvalue weighted by Crippen LogP contribution is -2.45. The fourth-order valence-corrected chi connectivity index (χ4v) is 2.45. The minimum absolute atomic E-state index is 0.0187. The molecule has 7 heteroatoms. The average molecular weight is 293 g/mol. The Labute approximate surface area is 125 Å². The number of rotatable bonds is 5. The van der Waals surface area contributed by atoms with Crippen LogP contribution in [0.2, 0.25) is 0 Å². The molecule has 2 rings (SSSR count). The van der Waals surface area contributed by atoms with Gasteiger partial charge in [0.2, 0.25) is 0 Å². The molecule has 116 valence electrons. The lowest BCUT2D eigenvalue weighted by atomic mass is 10.2. The maximum atomic E-state index is 12.0. The summed E-state index contributed by atoms with van der Waals surface area (Å²) in [5.74, 6) is 1.26. The first-order valence-electron chi connectivity index (χ1n) is 7.28. The van der Waals surface area contributed by atoms with Gasteiger partial charge in [-0.1, -0.05) is 6.92 Å². The van der Waals surface area contributed by atoms with Crippen LogP contribution in [0.5, 0.6) is 5.88 Å². The predicted octanol–water partition coefficient (Wildman–Crippen LogP) is 1.12. The minimum atomic E-state index is -0.0187. The van der Waals surface area contributed by atoms with Crippen molar-refractivity contribution >= 4 is 11.8 Å². The summed E-state index contributed by atoms with van der Waals surface area (Å²) < 4.78 is 5.25. The molecule has 2 amide bonds. The van der Waals surface area contributed by atoms with Crippen molar-refractivity contribution in [1.29, 1.82) is 0 Å². The first-order valence-corrected chi connectivity index (χ1v) is 7.28. The Morgan fingerprint density at radius 2 is 2.29 bits per heavy atom. The van der Waals surface area contributed by atoms with E-state index in [1.165, 1.54) is 0 Å². The van der Waals surface area contributed by atoms with Gasteiger partial charge in [0.25, 0.3) is 5.88 Å². The van der Waals surface area contributed by atoms with Crippen molar-refractivity contribution in [2.75, 3.05) is 38.7 Å². The number of aromatic nitrogens is 2. The Balaban J connectivity index is 1.98. The first-order chi connectivity index (χ1) is 10.2. The Bertz CT molecular complexity index is 482. The fraction of sp³-hybridized carbons (Fsp3) is 0.643. The molecule has 1 saturated heterocycles. The van der Waals surface area contributed by atoms with Gasteiger partial charge in [-0.3, -0.25) is 0 Å². The van der Waals surface area contributed by atoms with Gasteiger partial charge in [0.1, 0.15) is 0 Å². The van der Waals surface area contributed by atoms with Crippen molar-refractivity contribution < 1.29 is 9.53 Å². The molecule has 2 heterocycles. The van der Waals surface area contributed by atoms with Gasteiger partial charge in [-0.15, -0.1) is 0 Å². The molecule has 1 aliphatic rings. The zero-order valence-electron chi connectivity index (χ0n) is 12.9. The Morgan fingerprint density at radius 1 is 1.52 bits per heavy atom. The molecule has 0 aromatic carbocycles. The second-order valence-corrected chi connectivity index (χ2v) is 5.12.